The second-order valence-corrected chi connectivity index (χ2v) is 5.79. The summed E-state index contributed by atoms with van der Waals surface area (Å²) in [6.07, 6.45) is 6.43. The minimum Gasteiger partial charge on any atom is -0.375 e. The van der Waals surface area contributed by atoms with Gasteiger partial charge >= 0.3 is 0 Å². The van der Waals surface area contributed by atoms with E-state index in [1.165, 1.54) is 5.69 Å². The lowest BCUT2D eigenvalue weighted by Gasteiger charge is -2.22. The summed E-state index contributed by atoms with van der Waals surface area (Å²) in [6, 6.07) is 10.5. The number of nitrogens with one attached hydrogen (secondary N) is 1. The van der Waals surface area contributed by atoms with Gasteiger partial charge in [0.15, 0.2) is 5.96 Å². The van der Waals surface area contributed by atoms with Gasteiger partial charge in [0, 0.05) is 46.5 Å². The van der Waals surface area contributed by atoms with Crippen molar-refractivity contribution in [3.8, 4) is 0 Å². The van der Waals surface area contributed by atoms with Crippen LogP contribution in [-0.4, -0.2) is 51.6 Å². The lowest BCUT2D eigenvalue weighted by molar-refractivity contribution is 0.468. The zero-order valence-electron chi connectivity index (χ0n) is 15.0. The largest absolute Gasteiger partial charge is 0.375 e. The van der Waals surface area contributed by atoms with Crippen molar-refractivity contribution in [1.29, 1.82) is 0 Å². The predicted octanol–water partition coefficient (Wildman–Crippen LogP) is 3.38. The van der Waals surface area contributed by atoms with Gasteiger partial charge in [-0.3, -0.25) is 4.99 Å². The molecule has 128 valence electrons. The highest BCUT2D eigenvalue weighted by molar-refractivity contribution is 5.79. The van der Waals surface area contributed by atoms with Gasteiger partial charge in [-0.05, 0) is 37.8 Å². The van der Waals surface area contributed by atoms with Crippen molar-refractivity contribution in [2.24, 2.45) is 4.99 Å². The van der Waals surface area contributed by atoms with Gasteiger partial charge in [0.1, 0.15) is 0 Å². The van der Waals surface area contributed by atoms with Crippen LogP contribution in [0.2, 0.25) is 0 Å². The Morgan fingerprint density at radius 3 is 2.52 bits per heavy atom. The lowest BCUT2D eigenvalue weighted by Crippen LogP contribution is -2.39. The first kappa shape index (κ1) is 19.1. The number of rotatable bonds is 10. The van der Waals surface area contributed by atoms with Crippen LogP contribution in [0, 0.1) is 0 Å². The second kappa shape index (κ2) is 11.6. The molecule has 0 aromatic heterocycles. The Bertz CT molecular complexity index is 456. The number of hydrogen-bond acceptors (Lipinski definition) is 2. The molecular weight excluding hydrogens is 284 g/mol. The summed E-state index contributed by atoms with van der Waals surface area (Å²) in [6.45, 7) is 6.79. The van der Waals surface area contributed by atoms with Gasteiger partial charge in [0.2, 0.25) is 0 Å². The molecule has 1 rings (SSSR count). The maximum absolute atomic E-state index is 4.34. The van der Waals surface area contributed by atoms with Gasteiger partial charge in [-0.15, -0.1) is 6.58 Å². The number of unbranched alkanes of at least 4 members (excludes halogenated alkanes) is 2. The Balaban J connectivity index is 2.18. The van der Waals surface area contributed by atoms with Gasteiger partial charge < -0.3 is 15.1 Å². The Morgan fingerprint density at radius 2 is 1.87 bits per heavy atom. The summed E-state index contributed by atoms with van der Waals surface area (Å²) in [4.78, 5) is 8.82. The number of hydrogen-bond donors (Lipinski definition) is 1. The fourth-order valence-corrected chi connectivity index (χ4v) is 2.45. The van der Waals surface area contributed by atoms with Crippen molar-refractivity contribution in [2.45, 2.75) is 25.7 Å². The summed E-state index contributed by atoms with van der Waals surface area (Å²) in [5, 5.41) is 3.44. The molecule has 1 N–H and O–H groups in total. The van der Waals surface area contributed by atoms with Crippen LogP contribution < -0.4 is 10.2 Å². The number of aliphatic imine (C=N–C) groups is 1. The van der Waals surface area contributed by atoms with Crippen LogP contribution in [0.15, 0.2) is 48.0 Å². The topological polar surface area (TPSA) is 30.9 Å². The SMILES string of the molecule is C=CCCCN(C)C(=NC)NCCCCN(C)c1ccccc1. The smallest absolute Gasteiger partial charge is 0.193 e. The van der Waals surface area contributed by atoms with Gasteiger partial charge in [-0.25, -0.2) is 0 Å². The van der Waals surface area contributed by atoms with Crippen LogP contribution in [0.4, 0.5) is 5.69 Å². The number of allylic oxidation sites excluding steroid dienone is 1. The Labute approximate surface area is 141 Å². The van der Waals surface area contributed by atoms with E-state index in [1.807, 2.05) is 13.1 Å². The second-order valence-electron chi connectivity index (χ2n) is 5.79. The van der Waals surface area contributed by atoms with Crippen molar-refractivity contribution >= 4 is 11.6 Å². The van der Waals surface area contributed by atoms with Crippen molar-refractivity contribution in [2.75, 3.05) is 45.7 Å². The fourth-order valence-electron chi connectivity index (χ4n) is 2.45. The van der Waals surface area contributed by atoms with Crippen LogP contribution in [0.1, 0.15) is 25.7 Å². The van der Waals surface area contributed by atoms with Crippen molar-refractivity contribution in [3.63, 3.8) is 0 Å². The first-order valence-electron chi connectivity index (χ1n) is 8.48. The standard InChI is InChI=1S/C19H32N4/c1-5-6-11-17-23(4)19(20-2)21-15-10-12-16-22(3)18-13-8-7-9-14-18/h5,7-9,13-14H,1,6,10-12,15-17H2,2-4H3,(H,20,21). The van der Waals surface area contributed by atoms with Crippen LogP contribution in [0.25, 0.3) is 0 Å². The Hall–Kier alpha value is -1.97. The third kappa shape index (κ3) is 7.73. The molecule has 0 bridgehead atoms. The summed E-state index contributed by atoms with van der Waals surface area (Å²) >= 11 is 0. The molecule has 0 unspecified atom stereocenters. The summed E-state index contributed by atoms with van der Waals surface area (Å²) in [7, 11) is 6.08. The van der Waals surface area contributed by atoms with Gasteiger partial charge in [0.05, 0.1) is 0 Å². The van der Waals surface area contributed by atoms with E-state index in [-0.39, 0.29) is 0 Å². The van der Waals surface area contributed by atoms with Crippen LogP contribution in [-0.2, 0) is 0 Å². The maximum atomic E-state index is 4.34. The highest BCUT2D eigenvalue weighted by Gasteiger charge is 2.04. The fraction of sp³-hybridized carbons (Fsp3) is 0.526. The molecule has 4 heteroatoms. The molecule has 0 saturated carbocycles. The lowest BCUT2D eigenvalue weighted by atomic mass is 10.2. The minimum atomic E-state index is 0.959. The first-order valence-corrected chi connectivity index (χ1v) is 8.48. The van der Waals surface area contributed by atoms with E-state index in [0.717, 1.165) is 51.3 Å². The molecule has 0 aliphatic rings. The number of para-hydroxylation sites is 1. The van der Waals surface area contributed by atoms with Gasteiger partial charge in [-0.1, -0.05) is 24.3 Å². The Morgan fingerprint density at radius 1 is 1.13 bits per heavy atom. The maximum Gasteiger partial charge on any atom is 0.193 e. The zero-order valence-corrected chi connectivity index (χ0v) is 15.0. The highest BCUT2D eigenvalue weighted by Crippen LogP contribution is 2.11. The predicted molar refractivity (Wildman–Crippen MR) is 102 cm³/mol. The van der Waals surface area contributed by atoms with E-state index in [4.69, 9.17) is 0 Å². The van der Waals surface area contributed by atoms with E-state index >= 15 is 0 Å². The molecule has 1 aromatic carbocycles. The van der Waals surface area contributed by atoms with E-state index in [9.17, 15) is 0 Å². The van der Waals surface area contributed by atoms with Crippen LogP contribution in [0.3, 0.4) is 0 Å². The van der Waals surface area contributed by atoms with Crippen molar-refractivity contribution in [3.05, 3.63) is 43.0 Å². The summed E-state index contributed by atoms with van der Waals surface area (Å²) in [5.74, 6) is 0.977. The average molecular weight is 316 g/mol. The molecule has 0 heterocycles. The van der Waals surface area contributed by atoms with Gasteiger partial charge in [0.25, 0.3) is 0 Å². The quantitative estimate of drug-likeness (QED) is 0.311. The first-order chi connectivity index (χ1) is 11.2. The molecule has 23 heavy (non-hydrogen) atoms. The number of guanidine groups is 1. The summed E-state index contributed by atoms with van der Waals surface area (Å²) < 4.78 is 0. The van der Waals surface area contributed by atoms with E-state index < -0.39 is 0 Å². The number of nitrogens with zero attached hydrogens (tertiary/aromatic N) is 3. The normalized spacial score (nSPS) is 11.2. The molecule has 0 aliphatic carbocycles. The highest BCUT2D eigenvalue weighted by atomic mass is 15.3. The van der Waals surface area contributed by atoms with Crippen molar-refractivity contribution in [1.82, 2.24) is 10.2 Å². The monoisotopic (exact) mass is 316 g/mol. The van der Waals surface area contributed by atoms with E-state index in [1.54, 1.807) is 0 Å². The van der Waals surface area contributed by atoms with E-state index in [2.05, 4.69) is 71.1 Å². The third-order valence-corrected chi connectivity index (χ3v) is 3.88. The number of benzene rings is 1. The molecule has 0 aliphatic heterocycles. The van der Waals surface area contributed by atoms with E-state index in [0.29, 0.717) is 0 Å². The molecule has 0 spiro atoms. The molecule has 0 atom stereocenters. The molecular formula is C19H32N4. The molecule has 0 fully saturated rings. The number of anilines is 1. The Kier molecular flexibility index (Phi) is 9.60. The zero-order chi connectivity index (χ0) is 16.9. The average Bonchev–Trinajstić information content (AvgIpc) is 2.58. The third-order valence-electron chi connectivity index (χ3n) is 3.88. The summed E-state index contributed by atoms with van der Waals surface area (Å²) in [5.41, 5.74) is 1.28. The van der Waals surface area contributed by atoms with Crippen LogP contribution >= 0.6 is 0 Å². The minimum absolute atomic E-state index is 0.959. The van der Waals surface area contributed by atoms with Crippen molar-refractivity contribution < 1.29 is 0 Å². The molecule has 0 radical (unpaired) electrons. The van der Waals surface area contributed by atoms with Gasteiger partial charge in [-0.2, -0.15) is 0 Å². The molecule has 0 amide bonds. The van der Waals surface area contributed by atoms with Crippen LogP contribution in [0.5, 0.6) is 0 Å². The molecule has 1 aromatic rings. The molecule has 4 nitrogen and oxygen atoms in total. The molecule has 0 saturated heterocycles.